The zero-order valence-corrected chi connectivity index (χ0v) is 8.76. The fourth-order valence-corrected chi connectivity index (χ4v) is 2.63. The van der Waals surface area contributed by atoms with Gasteiger partial charge in [-0.1, -0.05) is 12.1 Å². The minimum absolute atomic E-state index is 0.782. The van der Waals surface area contributed by atoms with E-state index in [2.05, 4.69) is 10.4 Å². The quantitative estimate of drug-likeness (QED) is 0.693. The van der Waals surface area contributed by atoms with Crippen LogP contribution in [0, 0.1) is 11.3 Å². The van der Waals surface area contributed by atoms with Gasteiger partial charge in [0.25, 0.3) is 0 Å². The first-order valence-corrected chi connectivity index (χ1v) is 5.59. The molecule has 2 nitrogen and oxygen atoms in total. The number of nitriles is 1. The highest BCUT2D eigenvalue weighted by molar-refractivity contribution is 7.97. The van der Waals surface area contributed by atoms with Crippen molar-refractivity contribution in [1.29, 1.82) is 5.26 Å². The standard InChI is InChI=1S/C11H12N2S/c12-9-10-5-1-2-6-11(10)14-13-7-3-4-8-13/h1-2,5-6H,3-4,7-8H2. The van der Waals surface area contributed by atoms with Crippen molar-refractivity contribution in [2.24, 2.45) is 0 Å². The van der Waals surface area contributed by atoms with Gasteiger partial charge in [-0.05, 0) is 36.9 Å². The lowest BCUT2D eigenvalue weighted by Crippen LogP contribution is -2.08. The smallest absolute Gasteiger partial charge is 0.100 e. The summed E-state index contributed by atoms with van der Waals surface area (Å²) >= 11 is 1.71. The Hall–Kier alpha value is -0.980. The molecule has 0 saturated carbocycles. The van der Waals surface area contributed by atoms with Crippen molar-refractivity contribution in [3.05, 3.63) is 29.8 Å². The summed E-state index contributed by atoms with van der Waals surface area (Å²) in [4.78, 5) is 1.08. The lowest BCUT2D eigenvalue weighted by Gasteiger charge is -2.13. The van der Waals surface area contributed by atoms with E-state index >= 15 is 0 Å². The second-order valence-corrected chi connectivity index (χ2v) is 4.47. The van der Waals surface area contributed by atoms with Crippen molar-refractivity contribution in [3.63, 3.8) is 0 Å². The van der Waals surface area contributed by atoms with E-state index in [1.165, 1.54) is 12.8 Å². The summed E-state index contributed by atoms with van der Waals surface area (Å²) in [5.74, 6) is 0. The Morgan fingerprint density at radius 1 is 1.21 bits per heavy atom. The SMILES string of the molecule is N#Cc1ccccc1SN1CCCC1. The van der Waals surface area contributed by atoms with Crippen molar-refractivity contribution < 1.29 is 0 Å². The van der Waals surface area contributed by atoms with E-state index in [4.69, 9.17) is 5.26 Å². The second-order valence-electron chi connectivity index (χ2n) is 3.34. The normalized spacial score (nSPS) is 16.8. The summed E-state index contributed by atoms with van der Waals surface area (Å²) in [6.07, 6.45) is 2.56. The third-order valence-electron chi connectivity index (χ3n) is 2.30. The summed E-state index contributed by atoms with van der Waals surface area (Å²) in [5.41, 5.74) is 0.782. The molecule has 0 N–H and O–H groups in total. The topological polar surface area (TPSA) is 27.0 Å². The number of rotatable bonds is 2. The Labute approximate surface area is 88.7 Å². The molecule has 2 rings (SSSR count). The van der Waals surface area contributed by atoms with E-state index in [1.807, 2.05) is 24.3 Å². The molecule has 72 valence electrons. The van der Waals surface area contributed by atoms with E-state index < -0.39 is 0 Å². The lowest BCUT2D eigenvalue weighted by molar-refractivity contribution is 0.586. The van der Waals surface area contributed by atoms with Crippen LogP contribution in [0.2, 0.25) is 0 Å². The molecule has 3 heteroatoms. The maximum absolute atomic E-state index is 8.91. The molecule has 0 bridgehead atoms. The van der Waals surface area contributed by atoms with Crippen molar-refractivity contribution in [2.75, 3.05) is 13.1 Å². The van der Waals surface area contributed by atoms with Gasteiger partial charge in [0.2, 0.25) is 0 Å². The predicted octanol–water partition coefficient (Wildman–Crippen LogP) is 2.66. The molecule has 0 amide bonds. The molecule has 1 fully saturated rings. The average Bonchev–Trinajstić information content (AvgIpc) is 2.71. The fourth-order valence-electron chi connectivity index (χ4n) is 1.56. The van der Waals surface area contributed by atoms with Gasteiger partial charge in [-0.3, -0.25) is 0 Å². The van der Waals surface area contributed by atoms with Gasteiger partial charge in [-0.15, -0.1) is 0 Å². The monoisotopic (exact) mass is 204 g/mol. The first-order chi connectivity index (χ1) is 6.90. The maximum atomic E-state index is 8.91. The van der Waals surface area contributed by atoms with E-state index in [0.717, 1.165) is 23.5 Å². The van der Waals surface area contributed by atoms with Crippen LogP contribution in [0.25, 0.3) is 0 Å². The molecule has 0 aromatic heterocycles. The highest BCUT2D eigenvalue weighted by Gasteiger charge is 2.14. The third kappa shape index (κ3) is 2.09. The van der Waals surface area contributed by atoms with Crippen molar-refractivity contribution in [1.82, 2.24) is 4.31 Å². The van der Waals surface area contributed by atoms with Crippen LogP contribution in [0.15, 0.2) is 29.2 Å². The molecule has 0 spiro atoms. The first kappa shape index (κ1) is 9.57. The summed E-state index contributed by atoms with van der Waals surface area (Å²) < 4.78 is 2.33. The summed E-state index contributed by atoms with van der Waals surface area (Å²) in [5, 5.41) is 8.91. The molecule has 1 saturated heterocycles. The zero-order valence-electron chi connectivity index (χ0n) is 7.94. The van der Waals surface area contributed by atoms with Crippen LogP contribution in [0.3, 0.4) is 0 Å². The average molecular weight is 204 g/mol. The van der Waals surface area contributed by atoms with E-state index in [9.17, 15) is 0 Å². The minimum atomic E-state index is 0.782. The molecule has 1 aromatic rings. The van der Waals surface area contributed by atoms with Gasteiger partial charge in [0.15, 0.2) is 0 Å². The molecule has 14 heavy (non-hydrogen) atoms. The highest BCUT2D eigenvalue weighted by Crippen LogP contribution is 2.28. The molecular formula is C11H12N2S. The van der Waals surface area contributed by atoms with Crippen LogP contribution < -0.4 is 0 Å². The Morgan fingerprint density at radius 3 is 2.64 bits per heavy atom. The van der Waals surface area contributed by atoms with Crippen molar-refractivity contribution in [3.8, 4) is 6.07 Å². The molecule has 0 unspecified atom stereocenters. The number of hydrogen-bond donors (Lipinski definition) is 0. The van der Waals surface area contributed by atoms with Gasteiger partial charge in [0.05, 0.1) is 5.56 Å². The second kappa shape index (κ2) is 4.50. The van der Waals surface area contributed by atoms with Crippen LogP contribution >= 0.6 is 11.9 Å². The largest absolute Gasteiger partial charge is 0.246 e. The number of benzene rings is 1. The Bertz CT molecular complexity index is 351. The lowest BCUT2D eigenvalue weighted by atomic mass is 10.2. The highest BCUT2D eigenvalue weighted by atomic mass is 32.2. The van der Waals surface area contributed by atoms with Crippen LogP contribution in [0.1, 0.15) is 18.4 Å². The number of nitrogens with zero attached hydrogens (tertiary/aromatic N) is 2. The van der Waals surface area contributed by atoms with E-state index in [0.29, 0.717) is 0 Å². The van der Waals surface area contributed by atoms with Gasteiger partial charge in [-0.25, -0.2) is 4.31 Å². The van der Waals surface area contributed by atoms with Crippen molar-refractivity contribution >= 4 is 11.9 Å². The third-order valence-corrected chi connectivity index (χ3v) is 3.48. The van der Waals surface area contributed by atoms with Crippen LogP contribution in [0.4, 0.5) is 0 Å². The summed E-state index contributed by atoms with van der Waals surface area (Å²) in [6.45, 7) is 2.29. The molecule has 1 aliphatic heterocycles. The first-order valence-electron chi connectivity index (χ1n) is 4.82. The van der Waals surface area contributed by atoms with Gasteiger partial charge < -0.3 is 0 Å². The van der Waals surface area contributed by atoms with Crippen LogP contribution in [0.5, 0.6) is 0 Å². The molecule has 1 aromatic carbocycles. The summed E-state index contributed by atoms with van der Waals surface area (Å²) in [6, 6.07) is 10.0. The Kier molecular flexibility index (Phi) is 3.07. The predicted molar refractivity (Wildman–Crippen MR) is 57.8 cm³/mol. The van der Waals surface area contributed by atoms with Gasteiger partial charge >= 0.3 is 0 Å². The van der Waals surface area contributed by atoms with E-state index in [-0.39, 0.29) is 0 Å². The number of hydrogen-bond acceptors (Lipinski definition) is 3. The van der Waals surface area contributed by atoms with Crippen molar-refractivity contribution in [2.45, 2.75) is 17.7 Å². The maximum Gasteiger partial charge on any atom is 0.100 e. The van der Waals surface area contributed by atoms with E-state index in [1.54, 1.807) is 11.9 Å². The Balaban J connectivity index is 2.11. The van der Waals surface area contributed by atoms with Crippen LogP contribution in [-0.2, 0) is 0 Å². The molecule has 0 aliphatic carbocycles. The molecular weight excluding hydrogens is 192 g/mol. The van der Waals surface area contributed by atoms with Gasteiger partial charge in [-0.2, -0.15) is 5.26 Å². The summed E-state index contributed by atoms with van der Waals surface area (Å²) in [7, 11) is 0. The molecule has 0 atom stereocenters. The molecule has 1 heterocycles. The van der Waals surface area contributed by atoms with Gasteiger partial charge in [0, 0.05) is 18.0 Å². The fraction of sp³-hybridized carbons (Fsp3) is 0.364. The Morgan fingerprint density at radius 2 is 1.93 bits per heavy atom. The zero-order chi connectivity index (χ0) is 9.80. The van der Waals surface area contributed by atoms with Gasteiger partial charge in [0.1, 0.15) is 6.07 Å². The minimum Gasteiger partial charge on any atom is -0.246 e. The molecule has 1 aliphatic rings. The molecule has 0 radical (unpaired) electrons. The van der Waals surface area contributed by atoms with Crippen LogP contribution in [-0.4, -0.2) is 17.4 Å².